The Hall–Kier alpha value is -0.755. The third-order valence-corrected chi connectivity index (χ3v) is 2.63. The van der Waals surface area contributed by atoms with Gasteiger partial charge in [-0.1, -0.05) is 74.8 Å². The molecule has 16 heavy (non-hydrogen) atoms. The molecule has 0 fully saturated rings. The fraction of sp³-hybridized carbons (Fsp3) is 0.571. The van der Waals surface area contributed by atoms with Crippen molar-refractivity contribution in [1.82, 2.24) is 0 Å². The molecule has 0 heterocycles. The van der Waals surface area contributed by atoms with Crippen molar-refractivity contribution in [1.29, 1.82) is 0 Å². The number of unbranched alkanes of at least 4 members (excludes halogenated alkanes) is 5. The SMILES string of the molecule is CCCCCCCCO[B]c1ccccc1. The summed E-state index contributed by atoms with van der Waals surface area (Å²) in [6, 6.07) is 10.2. The first-order valence-electron chi connectivity index (χ1n) is 6.43. The van der Waals surface area contributed by atoms with Crippen molar-refractivity contribution in [2.75, 3.05) is 6.61 Å². The molecule has 1 radical (unpaired) electrons. The number of hydrogen-bond acceptors (Lipinski definition) is 1. The van der Waals surface area contributed by atoms with Gasteiger partial charge in [0.25, 0.3) is 0 Å². The molecule has 0 amide bonds. The molecule has 1 aromatic rings. The molecule has 0 aliphatic carbocycles. The average Bonchev–Trinajstić information content (AvgIpc) is 2.34. The topological polar surface area (TPSA) is 9.23 Å². The van der Waals surface area contributed by atoms with Gasteiger partial charge in [-0.15, -0.1) is 0 Å². The largest absolute Gasteiger partial charge is 0.434 e. The first kappa shape index (κ1) is 13.3. The summed E-state index contributed by atoms with van der Waals surface area (Å²) in [5.74, 6) is 0. The van der Waals surface area contributed by atoms with Crippen molar-refractivity contribution in [2.24, 2.45) is 0 Å². The lowest BCUT2D eigenvalue weighted by atomic mass is 9.88. The summed E-state index contributed by atoms with van der Waals surface area (Å²) in [7, 11) is 1.85. The lowest BCUT2D eigenvalue weighted by molar-refractivity contribution is 0.326. The molecule has 87 valence electrons. The van der Waals surface area contributed by atoms with Crippen LogP contribution in [-0.4, -0.2) is 14.1 Å². The van der Waals surface area contributed by atoms with Gasteiger partial charge in [0, 0.05) is 6.61 Å². The van der Waals surface area contributed by atoms with Crippen LogP contribution in [0.4, 0.5) is 0 Å². The maximum absolute atomic E-state index is 5.50. The Bertz CT molecular complexity index is 248. The maximum Gasteiger partial charge on any atom is 0.329 e. The van der Waals surface area contributed by atoms with Crippen LogP contribution in [0.15, 0.2) is 30.3 Å². The van der Waals surface area contributed by atoms with Crippen molar-refractivity contribution < 1.29 is 4.65 Å². The van der Waals surface area contributed by atoms with Gasteiger partial charge in [-0.25, -0.2) is 0 Å². The number of hydrogen-bond donors (Lipinski definition) is 0. The third kappa shape index (κ3) is 6.68. The lowest BCUT2D eigenvalue weighted by Gasteiger charge is -2.03. The lowest BCUT2D eigenvalue weighted by Crippen LogP contribution is -2.17. The quantitative estimate of drug-likeness (QED) is 0.455. The van der Waals surface area contributed by atoms with E-state index in [4.69, 9.17) is 4.65 Å². The first-order chi connectivity index (χ1) is 7.93. The summed E-state index contributed by atoms with van der Waals surface area (Å²) >= 11 is 0. The van der Waals surface area contributed by atoms with Crippen molar-refractivity contribution in [2.45, 2.75) is 45.4 Å². The molecule has 1 nitrogen and oxygen atoms in total. The molecule has 0 aliphatic rings. The van der Waals surface area contributed by atoms with Gasteiger partial charge in [0.05, 0.1) is 0 Å². The van der Waals surface area contributed by atoms with Crippen LogP contribution >= 0.6 is 0 Å². The van der Waals surface area contributed by atoms with Crippen LogP contribution in [0.5, 0.6) is 0 Å². The van der Waals surface area contributed by atoms with Crippen LogP contribution in [-0.2, 0) is 4.65 Å². The smallest absolute Gasteiger partial charge is 0.329 e. The van der Waals surface area contributed by atoms with Crippen LogP contribution in [0, 0.1) is 0 Å². The Morgan fingerprint density at radius 2 is 1.62 bits per heavy atom. The standard InChI is InChI=1S/C14H22BO/c1-2-3-4-5-6-10-13-16-15-14-11-8-7-9-12-14/h7-9,11-12H,2-6,10,13H2,1H3. The Morgan fingerprint density at radius 1 is 0.938 bits per heavy atom. The molecule has 0 spiro atoms. The van der Waals surface area contributed by atoms with Gasteiger partial charge in [-0.3, -0.25) is 0 Å². The normalized spacial score (nSPS) is 10.3. The van der Waals surface area contributed by atoms with Gasteiger partial charge in [-0.05, 0) is 6.42 Å². The summed E-state index contributed by atoms with van der Waals surface area (Å²) < 4.78 is 5.50. The molecule has 1 aromatic carbocycles. The highest BCUT2D eigenvalue weighted by molar-refractivity contribution is 6.46. The summed E-state index contributed by atoms with van der Waals surface area (Å²) in [4.78, 5) is 0. The third-order valence-electron chi connectivity index (χ3n) is 2.63. The van der Waals surface area contributed by atoms with E-state index in [0.717, 1.165) is 12.1 Å². The molecule has 0 unspecified atom stereocenters. The summed E-state index contributed by atoms with van der Waals surface area (Å²) in [5.41, 5.74) is 1.15. The molecule has 0 atom stereocenters. The van der Waals surface area contributed by atoms with Gasteiger partial charge in [0.1, 0.15) is 0 Å². The zero-order valence-corrected chi connectivity index (χ0v) is 10.3. The van der Waals surface area contributed by atoms with Crippen molar-refractivity contribution in [3.63, 3.8) is 0 Å². The molecule has 2 heteroatoms. The van der Waals surface area contributed by atoms with E-state index >= 15 is 0 Å². The Labute approximate surface area is 100 Å². The second-order valence-corrected chi connectivity index (χ2v) is 4.17. The highest BCUT2D eigenvalue weighted by atomic mass is 16.4. The predicted octanol–water partition coefficient (Wildman–Crippen LogP) is 3.31. The minimum Gasteiger partial charge on any atom is -0.434 e. The van der Waals surface area contributed by atoms with E-state index in [0.29, 0.717) is 0 Å². The average molecular weight is 217 g/mol. The Balaban J connectivity index is 1.89. The highest BCUT2D eigenvalue weighted by Gasteiger charge is 1.95. The van der Waals surface area contributed by atoms with Crippen LogP contribution in [0.1, 0.15) is 45.4 Å². The second-order valence-electron chi connectivity index (χ2n) is 4.17. The molecule has 0 aromatic heterocycles. The monoisotopic (exact) mass is 217 g/mol. The van der Waals surface area contributed by atoms with Gasteiger partial charge >= 0.3 is 7.48 Å². The fourth-order valence-electron chi connectivity index (χ4n) is 1.65. The van der Waals surface area contributed by atoms with Gasteiger partial charge in [0.2, 0.25) is 0 Å². The Kier molecular flexibility index (Phi) is 7.88. The van der Waals surface area contributed by atoms with Gasteiger partial charge < -0.3 is 4.65 Å². The minimum absolute atomic E-state index is 0.848. The molecular weight excluding hydrogens is 195 g/mol. The zero-order chi connectivity index (χ0) is 11.5. The van der Waals surface area contributed by atoms with Crippen LogP contribution in [0.3, 0.4) is 0 Å². The molecule has 0 bridgehead atoms. The fourth-order valence-corrected chi connectivity index (χ4v) is 1.65. The zero-order valence-electron chi connectivity index (χ0n) is 10.3. The molecule has 0 saturated carbocycles. The van der Waals surface area contributed by atoms with Crippen molar-refractivity contribution >= 4 is 12.9 Å². The predicted molar refractivity (Wildman–Crippen MR) is 71.2 cm³/mol. The van der Waals surface area contributed by atoms with Crippen LogP contribution < -0.4 is 5.46 Å². The van der Waals surface area contributed by atoms with E-state index in [1.54, 1.807) is 0 Å². The molecule has 1 rings (SSSR count). The molecule has 0 aliphatic heterocycles. The first-order valence-corrected chi connectivity index (χ1v) is 6.43. The number of rotatable bonds is 9. The van der Waals surface area contributed by atoms with E-state index in [1.165, 1.54) is 38.5 Å². The van der Waals surface area contributed by atoms with Gasteiger partial charge in [-0.2, -0.15) is 0 Å². The van der Waals surface area contributed by atoms with Crippen LogP contribution in [0.25, 0.3) is 0 Å². The number of benzene rings is 1. The minimum atomic E-state index is 0.848. The molecule has 0 N–H and O–H groups in total. The summed E-state index contributed by atoms with van der Waals surface area (Å²) in [6.45, 7) is 3.10. The van der Waals surface area contributed by atoms with E-state index in [1.807, 2.05) is 25.7 Å². The second kappa shape index (κ2) is 9.47. The van der Waals surface area contributed by atoms with E-state index in [2.05, 4.69) is 19.1 Å². The van der Waals surface area contributed by atoms with Crippen molar-refractivity contribution in [3.8, 4) is 0 Å². The highest BCUT2D eigenvalue weighted by Crippen LogP contribution is 2.04. The van der Waals surface area contributed by atoms with E-state index in [-0.39, 0.29) is 0 Å². The molecular formula is C14H22BO. The van der Waals surface area contributed by atoms with Crippen molar-refractivity contribution in [3.05, 3.63) is 30.3 Å². The maximum atomic E-state index is 5.50. The van der Waals surface area contributed by atoms with E-state index < -0.39 is 0 Å². The summed E-state index contributed by atoms with van der Waals surface area (Å²) in [5, 5.41) is 0. The van der Waals surface area contributed by atoms with Crippen LogP contribution in [0.2, 0.25) is 0 Å². The van der Waals surface area contributed by atoms with Gasteiger partial charge in [0.15, 0.2) is 0 Å². The molecule has 0 saturated heterocycles. The van der Waals surface area contributed by atoms with E-state index in [9.17, 15) is 0 Å². The summed E-state index contributed by atoms with van der Waals surface area (Å²) in [6.07, 6.45) is 7.88. The Morgan fingerprint density at radius 3 is 2.38 bits per heavy atom.